The molecule has 0 aliphatic rings. The topological polar surface area (TPSA) is 50.9 Å². The molecular formula is C13H12ClN3S. The number of anilines is 1. The van der Waals surface area contributed by atoms with E-state index in [0.29, 0.717) is 17.2 Å². The van der Waals surface area contributed by atoms with Crippen molar-refractivity contribution in [2.75, 3.05) is 5.32 Å². The summed E-state index contributed by atoms with van der Waals surface area (Å²) in [6.07, 6.45) is 0. The molecule has 1 heterocycles. The third-order valence-electron chi connectivity index (χ3n) is 2.36. The van der Waals surface area contributed by atoms with Gasteiger partial charge >= 0.3 is 0 Å². The lowest BCUT2D eigenvalue weighted by Gasteiger charge is -2.07. The van der Waals surface area contributed by atoms with E-state index in [2.05, 4.69) is 10.3 Å². The number of nitrogens with zero attached hydrogens (tertiary/aromatic N) is 1. The predicted octanol–water partition coefficient (Wildman–Crippen LogP) is 2.98. The lowest BCUT2D eigenvalue weighted by molar-refractivity contribution is 1.11. The monoisotopic (exact) mass is 277 g/mol. The van der Waals surface area contributed by atoms with Crippen LogP contribution < -0.4 is 11.1 Å². The lowest BCUT2D eigenvalue weighted by atomic mass is 10.2. The van der Waals surface area contributed by atoms with Gasteiger partial charge in [-0.05, 0) is 29.8 Å². The van der Waals surface area contributed by atoms with Gasteiger partial charge in [0.05, 0.1) is 5.69 Å². The Bertz CT molecular complexity index is 572. The smallest absolute Gasteiger partial charge is 0.127 e. The van der Waals surface area contributed by atoms with Crippen LogP contribution in [-0.2, 0) is 6.54 Å². The number of aromatic nitrogens is 1. The fourth-order valence-corrected chi connectivity index (χ4v) is 1.84. The molecule has 2 rings (SSSR count). The number of rotatable bonds is 4. The summed E-state index contributed by atoms with van der Waals surface area (Å²) in [7, 11) is 0. The number of hydrogen-bond acceptors (Lipinski definition) is 3. The van der Waals surface area contributed by atoms with E-state index in [1.165, 1.54) is 0 Å². The summed E-state index contributed by atoms with van der Waals surface area (Å²) >= 11 is 10.8. The van der Waals surface area contributed by atoms with Crippen LogP contribution in [0, 0.1) is 0 Å². The summed E-state index contributed by atoms with van der Waals surface area (Å²) in [6.45, 7) is 0.647. The minimum absolute atomic E-state index is 0.293. The van der Waals surface area contributed by atoms with Crippen LogP contribution in [0.4, 0.5) is 5.82 Å². The van der Waals surface area contributed by atoms with Crippen LogP contribution in [0.3, 0.4) is 0 Å². The van der Waals surface area contributed by atoms with E-state index in [1.54, 1.807) is 6.07 Å². The molecule has 0 saturated heterocycles. The molecule has 0 aliphatic carbocycles. The summed E-state index contributed by atoms with van der Waals surface area (Å²) in [5.74, 6) is 0.736. The molecule has 0 aliphatic heterocycles. The second kappa shape index (κ2) is 5.80. The molecule has 0 fully saturated rings. The summed E-state index contributed by atoms with van der Waals surface area (Å²) in [4.78, 5) is 4.59. The van der Waals surface area contributed by atoms with Crippen molar-refractivity contribution in [3.05, 3.63) is 58.7 Å². The third kappa shape index (κ3) is 3.42. The maximum atomic E-state index is 5.92. The van der Waals surface area contributed by atoms with Gasteiger partial charge in [-0.1, -0.05) is 42.0 Å². The molecule has 0 atom stereocenters. The highest BCUT2D eigenvalue weighted by Crippen LogP contribution is 2.12. The molecule has 0 bridgehead atoms. The standard InChI is InChI=1S/C13H12ClN3S/c14-10-4-1-3-9(7-10)8-16-12-6-2-5-11(17-12)13(15)18/h1-7H,8H2,(H2,15,18)(H,16,17). The number of nitrogens with one attached hydrogen (secondary N) is 1. The summed E-state index contributed by atoms with van der Waals surface area (Å²) in [5.41, 5.74) is 7.23. The van der Waals surface area contributed by atoms with E-state index >= 15 is 0 Å². The fraction of sp³-hybridized carbons (Fsp3) is 0.0769. The first kappa shape index (κ1) is 12.8. The second-order valence-electron chi connectivity index (χ2n) is 3.76. The molecule has 2 aromatic rings. The molecule has 0 radical (unpaired) electrons. The molecule has 18 heavy (non-hydrogen) atoms. The van der Waals surface area contributed by atoms with Crippen LogP contribution in [0.5, 0.6) is 0 Å². The first-order valence-corrected chi connectivity index (χ1v) is 6.19. The van der Waals surface area contributed by atoms with E-state index < -0.39 is 0 Å². The van der Waals surface area contributed by atoms with Gasteiger partial charge < -0.3 is 11.1 Å². The molecule has 92 valence electrons. The number of halogens is 1. The quantitative estimate of drug-likeness (QED) is 0.844. The van der Waals surface area contributed by atoms with E-state index in [0.717, 1.165) is 16.4 Å². The van der Waals surface area contributed by atoms with Crippen molar-refractivity contribution in [2.24, 2.45) is 5.73 Å². The van der Waals surface area contributed by atoms with Crippen LogP contribution in [0.1, 0.15) is 11.3 Å². The molecule has 1 aromatic heterocycles. The van der Waals surface area contributed by atoms with Gasteiger partial charge in [0.1, 0.15) is 10.8 Å². The number of pyridine rings is 1. The Balaban J connectivity index is 2.06. The minimum atomic E-state index is 0.293. The molecule has 0 spiro atoms. The van der Waals surface area contributed by atoms with Crippen LogP contribution in [0.25, 0.3) is 0 Å². The molecular weight excluding hydrogens is 266 g/mol. The Kier molecular flexibility index (Phi) is 4.12. The largest absolute Gasteiger partial charge is 0.388 e. The van der Waals surface area contributed by atoms with Crippen molar-refractivity contribution < 1.29 is 0 Å². The van der Waals surface area contributed by atoms with Crippen molar-refractivity contribution in [2.45, 2.75) is 6.54 Å². The Morgan fingerprint density at radius 1 is 1.28 bits per heavy atom. The fourth-order valence-electron chi connectivity index (χ4n) is 1.51. The Morgan fingerprint density at radius 2 is 2.06 bits per heavy atom. The third-order valence-corrected chi connectivity index (χ3v) is 2.81. The predicted molar refractivity (Wildman–Crippen MR) is 78.9 cm³/mol. The summed E-state index contributed by atoms with van der Waals surface area (Å²) in [5, 5.41) is 3.92. The molecule has 3 N–H and O–H groups in total. The van der Waals surface area contributed by atoms with Gasteiger partial charge in [-0.3, -0.25) is 0 Å². The van der Waals surface area contributed by atoms with Crippen LogP contribution >= 0.6 is 23.8 Å². The first-order valence-electron chi connectivity index (χ1n) is 5.40. The minimum Gasteiger partial charge on any atom is -0.388 e. The lowest BCUT2D eigenvalue weighted by Crippen LogP contribution is -2.12. The molecule has 0 unspecified atom stereocenters. The molecule has 5 heteroatoms. The van der Waals surface area contributed by atoms with Gasteiger partial charge in [0.25, 0.3) is 0 Å². The van der Waals surface area contributed by atoms with Gasteiger partial charge in [0.2, 0.25) is 0 Å². The number of hydrogen-bond donors (Lipinski definition) is 2. The number of benzene rings is 1. The second-order valence-corrected chi connectivity index (χ2v) is 4.63. The first-order chi connectivity index (χ1) is 8.65. The molecule has 0 saturated carbocycles. The average molecular weight is 278 g/mol. The highest BCUT2D eigenvalue weighted by molar-refractivity contribution is 7.80. The van der Waals surface area contributed by atoms with Gasteiger partial charge in [0, 0.05) is 11.6 Å². The maximum Gasteiger partial charge on any atom is 0.127 e. The van der Waals surface area contributed by atoms with Gasteiger partial charge in [0.15, 0.2) is 0 Å². The zero-order chi connectivity index (χ0) is 13.0. The summed E-state index contributed by atoms with van der Waals surface area (Å²) in [6, 6.07) is 13.2. The number of thiocarbonyl (C=S) groups is 1. The Hall–Kier alpha value is -1.65. The van der Waals surface area contributed by atoms with Crippen molar-refractivity contribution in [3.63, 3.8) is 0 Å². The van der Waals surface area contributed by atoms with Crippen molar-refractivity contribution >= 4 is 34.6 Å². The van der Waals surface area contributed by atoms with E-state index in [-0.39, 0.29) is 0 Å². The highest BCUT2D eigenvalue weighted by Gasteiger charge is 2.00. The van der Waals surface area contributed by atoms with E-state index in [9.17, 15) is 0 Å². The maximum absolute atomic E-state index is 5.92. The zero-order valence-corrected chi connectivity index (χ0v) is 11.1. The average Bonchev–Trinajstić information content (AvgIpc) is 2.37. The van der Waals surface area contributed by atoms with Crippen LogP contribution in [-0.4, -0.2) is 9.97 Å². The Morgan fingerprint density at radius 3 is 2.78 bits per heavy atom. The van der Waals surface area contributed by atoms with Crippen LogP contribution in [0.2, 0.25) is 5.02 Å². The van der Waals surface area contributed by atoms with Gasteiger partial charge in [-0.15, -0.1) is 0 Å². The SMILES string of the molecule is NC(=S)c1cccc(NCc2cccc(Cl)c2)n1. The number of nitrogens with two attached hydrogens (primary N) is 1. The molecule has 1 aromatic carbocycles. The van der Waals surface area contributed by atoms with Gasteiger partial charge in [-0.25, -0.2) is 4.98 Å². The summed E-state index contributed by atoms with van der Waals surface area (Å²) < 4.78 is 0. The van der Waals surface area contributed by atoms with Crippen molar-refractivity contribution in [1.29, 1.82) is 0 Å². The van der Waals surface area contributed by atoms with Crippen LogP contribution in [0.15, 0.2) is 42.5 Å². The zero-order valence-electron chi connectivity index (χ0n) is 9.56. The molecule has 0 amide bonds. The van der Waals surface area contributed by atoms with Crippen molar-refractivity contribution in [3.8, 4) is 0 Å². The van der Waals surface area contributed by atoms with Crippen molar-refractivity contribution in [1.82, 2.24) is 4.98 Å². The normalized spacial score (nSPS) is 10.1. The Labute approximate surface area is 116 Å². The molecule has 3 nitrogen and oxygen atoms in total. The van der Waals surface area contributed by atoms with Gasteiger partial charge in [-0.2, -0.15) is 0 Å². The van der Waals surface area contributed by atoms with E-state index in [1.807, 2.05) is 36.4 Å². The highest BCUT2D eigenvalue weighted by atomic mass is 35.5. The van der Waals surface area contributed by atoms with E-state index in [4.69, 9.17) is 29.6 Å².